The van der Waals surface area contributed by atoms with Crippen molar-refractivity contribution in [2.75, 3.05) is 53.0 Å². The Morgan fingerprint density at radius 2 is 2.00 bits per heavy atom. The van der Waals surface area contributed by atoms with Crippen molar-refractivity contribution in [3.8, 4) is 0 Å². The average molecular weight is 297 g/mol. The molecule has 0 aromatic heterocycles. The second kappa shape index (κ2) is 6.20. The standard InChI is InChI=1S/C15H27N3O3/c1-16-15(14(19)20,12-2-3-12)11-17-5-4-13(10-17)18-6-8-21-9-7-18/h12-13,16H,2-11H2,1H3,(H,19,20). The van der Waals surface area contributed by atoms with Gasteiger partial charge in [0.25, 0.3) is 0 Å². The lowest BCUT2D eigenvalue weighted by molar-refractivity contribution is -0.146. The van der Waals surface area contributed by atoms with E-state index in [2.05, 4.69) is 15.1 Å². The maximum Gasteiger partial charge on any atom is 0.325 e. The Hall–Kier alpha value is -0.690. The van der Waals surface area contributed by atoms with Crippen molar-refractivity contribution < 1.29 is 14.6 Å². The van der Waals surface area contributed by atoms with Gasteiger partial charge in [0.1, 0.15) is 5.54 Å². The Kier molecular flexibility index (Phi) is 4.49. The molecule has 2 aliphatic heterocycles. The largest absolute Gasteiger partial charge is 0.480 e. The van der Waals surface area contributed by atoms with E-state index in [9.17, 15) is 9.90 Å². The molecule has 6 heteroatoms. The van der Waals surface area contributed by atoms with Gasteiger partial charge >= 0.3 is 5.97 Å². The number of hydrogen-bond acceptors (Lipinski definition) is 5. The molecule has 0 bridgehead atoms. The van der Waals surface area contributed by atoms with Crippen LogP contribution in [0, 0.1) is 5.92 Å². The fourth-order valence-electron chi connectivity index (χ4n) is 3.89. The van der Waals surface area contributed by atoms with Crippen LogP contribution in [-0.4, -0.2) is 85.4 Å². The second-order valence-electron chi connectivity index (χ2n) is 6.63. The van der Waals surface area contributed by atoms with Gasteiger partial charge in [-0.15, -0.1) is 0 Å². The summed E-state index contributed by atoms with van der Waals surface area (Å²) in [7, 11) is 1.79. The number of likely N-dealkylation sites (tertiary alicyclic amines) is 1. The molecule has 2 atom stereocenters. The van der Waals surface area contributed by atoms with E-state index in [1.54, 1.807) is 7.05 Å². The first-order valence-corrected chi connectivity index (χ1v) is 8.12. The van der Waals surface area contributed by atoms with E-state index >= 15 is 0 Å². The van der Waals surface area contributed by atoms with Gasteiger partial charge in [0.2, 0.25) is 0 Å². The van der Waals surface area contributed by atoms with Crippen molar-refractivity contribution in [1.29, 1.82) is 0 Å². The minimum atomic E-state index is -0.750. The summed E-state index contributed by atoms with van der Waals surface area (Å²) < 4.78 is 5.41. The number of ether oxygens (including phenoxy) is 1. The monoisotopic (exact) mass is 297 g/mol. The predicted octanol–water partition coefficient (Wildman–Crippen LogP) is -0.154. The van der Waals surface area contributed by atoms with Gasteiger partial charge in [0, 0.05) is 32.2 Å². The van der Waals surface area contributed by atoms with E-state index in [0.717, 1.165) is 58.7 Å². The molecular weight excluding hydrogens is 270 g/mol. The summed E-state index contributed by atoms with van der Waals surface area (Å²) in [6.45, 7) is 6.30. The van der Waals surface area contributed by atoms with Crippen molar-refractivity contribution >= 4 is 5.97 Å². The summed E-state index contributed by atoms with van der Waals surface area (Å²) >= 11 is 0. The minimum absolute atomic E-state index is 0.294. The van der Waals surface area contributed by atoms with Crippen LogP contribution in [0.2, 0.25) is 0 Å². The highest BCUT2D eigenvalue weighted by Crippen LogP contribution is 2.40. The number of nitrogens with one attached hydrogen (secondary N) is 1. The number of carboxylic acid groups (broad SMARTS) is 1. The van der Waals surface area contributed by atoms with Crippen molar-refractivity contribution in [3.63, 3.8) is 0 Å². The maximum atomic E-state index is 11.8. The first kappa shape index (κ1) is 15.2. The first-order chi connectivity index (χ1) is 10.2. The van der Waals surface area contributed by atoms with Crippen LogP contribution in [-0.2, 0) is 9.53 Å². The van der Waals surface area contributed by atoms with Gasteiger partial charge in [-0.25, -0.2) is 0 Å². The van der Waals surface area contributed by atoms with Crippen LogP contribution < -0.4 is 5.32 Å². The number of likely N-dealkylation sites (N-methyl/N-ethyl adjacent to an activating group) is 1. The lowest BCUT2D eigenvalue weighted by Gasteiger charge is -2.35. The predicted molar refractivity (Wildman–Crippen MR) is 79.4 cm³/mol. The molecule has 3 fully saturated rings. The summed E-state index contributed by atoms with van der Waals surface area (Å²) in [5.41, 5.74) is -0.750. The van der Waals surface area contributed by atoms with Crippen LogP contribution in [0.3, 0.4) is 0 Å². The summed E-state index contributed by atoms with van der Waals surface area (Å²) in [6.07, 6.45) is 3.21. The molecule has 6 nitrogen and oxygen atoms in total. The minimum Gasteiger partial charge on any atom is -0.480 e. The number of carboxylic acids is 1. The van der Waals surface area contributed by atoms with E-state index < -0.39 is 11.5 Å². The Labute approximate surface area is 126 Å². The number of nitrogens with zero attached hydrogens (tertiary/aromatic N) is 2. The van der Waals surface area contributed by atoms with Crippen LogP contribution in [0.1, 0.15) is 19.3 Å². The zero-order valence-corrected chi connectivity index (χ0v) is 12.9. The molecule has 1 aliphatic carbocycles. The normalized spacial score (nSPS) is 31.2. The quantitative estimate of drug-likeness (QED) is 0.711. The third-order valence-electron chi connectivity index (χ3n) is 5.38. The van der Waals surface area contributed by atoms with Crippen LogP contribution in [0.15, 0.2) is 0 Å². The Balaban J connectivity index is 1.59. The average Bonchev–Trinajstić information content (AvgIpc) is 3.25. The van der Waals surface area contributed by atoms with Crippen molar-refractivity contribution in [2.24, 2.45) is 5.92 Å². The molecule has 0 aromatic rings. The van der Waals surface area contributed by atoms with Gasteiger partial charge in [-0.05, 0) is 38.8 Å². The van der Waals surface area contributed by atoms with Crippen molar-refractivity contribution in [2.45, 2.75) is 30.8 Å². The molecule has 3 aliphatic rings. The smallest absolute Gasteiger partial charge is 0.325 e. The van der Waals surface area contributed by atoms with E-state index in [4.69, 9.17) is 4.74 Å². The number of aliphatic carboxylic acids is 1. The fourth-order valence-corrected chi connectivity index (χ4v) is 3.89. The maximum absolute atomic E-state index is 11.8. The second-order valence-corrected chi connectivity index (χ2v) is 6.63. The molecule has 21 heavy (non-hydrogen) atoms. The summed E-state index contributed by atoms with van der Waals surface area (Å²) in [4.78, 5) is 16.6. The van der Waals surface area contributed by atoms with Gasteiger partial charge in [-0.3, -0.25) is 14.6 Å². The van der Waals surface area contributed by atoms with Gasteiger partial charge in [0.05, 0.1) is 13.2 Å². The molecule has 120 valence electrons. The Bertz CT molecular complexity index is 382. The molecular formula is C15H27N3O3. The van der Waals surface area contributed by atoms with E-state index in [0.29, 0.717) is 18.5 Å². The fraction of sp³-hybridized carbons (Fsp3) is 0.933. The molecule has 2 saturated heterocycles. The zero-order chi connectivity index (χ0) is 14.9. The van der Waals surface area contributed by atoms with Crippen LogP contribution in [0.25, 0.3) is 0 Å². The van der Waals surface area contributed by atoms with E-state index in [-0.39, 0.29) is 0 Å². The van der Waals surface area contributed by atoms with Gasteiger partial charge < -0.3 is 15.2 Å². The van der Waals surface area contributed by atoms with Gasteiger partial charge in [0.15, 0.2) is 0 Å². The molecule has 2 heterocycles. The zero-order valence-electron chi connectivity index (χ0n) is 12.9. The highest BCUT2D eigenvalue weighted by molar-refractivity contribution is 5.80. The molecule has 0 radical (unpaired) electrons. The third kappa shape index (κ3) is 3.08. The van der Waals surface area contributed by atoms with Crippen LogP contribution in [0.4, 0.5) is 0 Å². The molecule has 2 N–H and O–H groups in total. The van der Waals surface area contributed by atoms with Crippen molar-refractivity contribution in [1.82, 2.24) is 15.1 Å². The lowest BCUT2D eigenvalue weighted by Crippen LogP contribution is -2.59. The number of hydrogen-bond donors (Lipinski definition) is 2. The highest BCUT2D eigenvalue weighted by atomic mass is 16.5. The van der Waals surface area contributed by atoms with Crippen molar-refractivity contribution in [3.05, 3.63) is 0 Å². The van der Waals surface area contributed by atoms with Crippen LogP contribution >= 0.6 is 0 Å². The molecule has 2 unspecified atom stereocenters. The first-order valence-electron chi connectivity index (χ1n) is 8.12. The highest BCUT2D eigenvalue weighted by Gasteiger charge is 2.51. The molecule has 0 amide bonds. The summed E-state index contributed by atoms with van der Waals surface area (Å²) in [6, 6.07) is 0.566. The topological polar surface area (TPSA) is 65.0 Å². The molecule has 1 saturated carbocycles. The molecule has 3 rings (SSSR count). The Morgan fingerprint density at radius 3 is 2.57 bits per heavy atom. The Morgan fingerprint density at radius 1 is 1.29 bits per heavy atom. The summed E-state index contributed by atoms with van der Waals surface area (Å²) in [5, 5.41) is 12.8. The number of morpholine rings is 1. The molecule has 0 aromatic carbocycles. The SMILES string of the molecule is CNC(CN1CCC(N2CCOCC2)C1)(C(=O)O)C1CC1. The van der Waals surface area contributed by atoms with E-state index in [1.807, 2.05) is 0 Å². The lowest BCUT2D eigenvalue weighted by atomic mass is 9.92. The number of rotatable bonds is 6. The van der Waals surface area contributed by atoms with E-state index in [1.165, 1.54) is 0 Å². The number of carbonyl (C=O) groups is 1. The molecule has 0 spiro atoms. The van der Waals surface area contributed by atoms with Crippen LogP contribution in [0.5, 0.6) is 0 Å². The van der Waals surface area contributed by atoms with Gasteiger partial charge in [-0.1, -0.05) is 0 Å². The van der Waals surface area contributed by atoms with Gasteiger partial charge in [-0.2, -0.15) is 0 Å². The third-order valence-corrected chi connectivity index (χ3v) is 5.38. The summed E-state index contributed by atoms with van der Waals surface area (Å²) in [5.74, 6) is -0.398.